The van der Waals surface area contributed by atoms with Crippen LogP contribution in [0.4, 0.5) is 0 Å². The van der Waals surface area contributed by atoms with Crippen LogP contribution in [0.5, 0.6) is 5.75 Å². The maximum atomic E-state index is 12.0. The number of allylic oxidation sites excluding steroid dienone is 1. The average molecular weight is 345 g/mol. The summed E-state index contributed by atoms with van der Waals surface area (Å²) < 4.78 is 5.40. The lowest BCUT2D eigenvalue weighted by Gasteiger charge is -2.28. The predicted octanol–water partition coefficient (Wildman–Crippen LogP) is 3.71. The minimum absolute atomic E-state index is 0.0439. The van der Waals surface area contributed by atoms with E-state index in [1.807, 2.05) is 25.1 Å². The molecule has 1 atom stereocenters. The Labute approximate surface area is 126 Å². The van der Waals surface area contributed by atoms with E-state index in [2.05, 4.69) is 15.9 Å². The smallest absolute Gasteiger partial charge is 0.240 e. The summed E-state index contributed by atoms with van der Waals surface area (Å²) in [6.45, 7) is 2.52. The molecule has 0 fully saturated rings. The summed E-state index contributed by atoms with van der Waals surface area (Å²) in [7, 11) is 1.76. The highest BCUT2D eigenvalue weighted by Crippen LogP contribution is 2.33. The van der Waals surface area contributed by atoms with Crippen molar-refractivity contribution in [2.24, 2.45) is 0 Å². The van der Waals surface area contributed by atoms with Gasteiger partial charge in [-0.2, -0.15) is 0 Å². The molecule has 1 aromatic rings. The highest BCUT2D eigenvalue weighted by atomic mass is 79.9. The van der Waals surface area contributed by atoms with E-state index >= 15 is 0 Å². The molecular weight excluding hydrogens is 330 g/mol. The molecule has 102 valence electrons. The lowest BCUT2D eigenvalue weighted by molar-refractivity contribution is -0.126. The Kier molecular flexibility index (Phi) is 4.53. The van der Waals surface area contributed by atoms with Crippen molar-refractivity contribution in [1.82, 2.24) is 4.90 Å². The Morgan fingerprint density at radius 1 is 1.53 bits per heavy atom. The van der Waals surface area contributed by atoms with Crippen LogP contribution in [0.3, 0.4) is 0 Å². The van der Waals surface area contributed by atoms with Crippen molar-refractivity contribution in [1.29, 1.82) is 0 Å². The first-order valence-corrected chi connectivity index (χ1v) is 7.38. The third-order valence-electron chi connectivity index (χ3n) is 3.01. The molecule has 5 heteroatoms. The van der Waals surface area contributed by atoms with E-state index in [9.17, 15) is 4.79 Å². The van der Waals surface area contributed by atoms with Crippen LogP contribution in [0, 0.1) is 0 Å². The molecule has 1 amide bonds. The first kappa shape index (κ1) is 14.4. The summed E-state index contributed by atoms with van der Waals surface area (Å²) in [5.41, 5.74) is 1.69. The molecule has 19 heavy (non-hydrogen) atoms. The van der Waals surface area contributed by atoms with Gasteiger partial charge < -0.3 is 9.64 Å². The number of benzene rings is 1. The van der Waals surface area contributed by atoms with Crippen molar-refractivity contribution in [3.63, 3.8) is 0 Å². The molecule has 3 nitrogen and oxygen atoms in total. The van der Waals surface area contributed by atoms with Gasteiger partial charge in [0, 0.05) is 18.3 Å². The molecule has 2 rings (SSSR count). The summed E-state index contributed by atoms with van der Waals surface area (Å²) in [5, 5.41) is 0.588. The molecule has 0 aliphatic carbocycles. The maximum Gasteiger partial charge on any atom is 0.240 e. The summed E-state index contributed by atoms with van der Waals surface area (Å²) in [6, 6.07) is 5.53. The van der Waals surface area contributed by atoms with E-state index in [1.165, 1.54) is 0 Å². The number of alkyl halides is 1. The largest absolute Gasteiger partial charge is 0.494 e. The van der Waals surface area contributed by atoms with Crippen LogP contribution in [0.2, 0.25) is 5.02 Å². The maximum absolute atomic E-state index is 12.0. The first-order valence-electron chi connectivity index (χ1n) is 6.09. The van der Waals surface area contributed by atoms with Gasteiger partial charge in [-0.1, -0.05) is 33.6 Å². The van der Waals surface area contributed by atoms with E-state index in [4.69, 9.17) is 16.3 Å². The monoisotopic (exact) mass is 343 g/mol. The fraction of sp³-hybridized carbons (Fsp3) is 0.357. The Hall–Kier alpha value is -1.00. The van der Waals surface area contributed by atoms with Crippen molar-refractivity contribution in [2.75, 3.05) is 13.7 Å². The zero-order valence-electron chi connectivity index (χ0n) is 10.8. The lowest BCUT2D eigenvalue weighted by atomic mass is 10.0. The Bertz CT molecular complexity index is 530. The second-order valence-corrected chi connectivity index (χ2v) is 5.78. The number of hydrogen-bond donors (Lipinski definition) is 0. The lowest BCUT2D eigenvalue weighted by Crippen LogP contribution is -2.35. The van der Waals surface area contributed by atoms with Crippen LogP contribution in [0.25, 0.3) is 5.70 Å². The van der Waals surface area contributed by atoms with Crippen molar-refractivity contribution in [3.05, 3.63) is 34.9 Å². The van der Waals surface area contributed by atoms with Gasteiger partial charge in [-0.05, 0) is 31.5 Å². The quantitative estimate of drug-likeness (QED) is 0.782. The third-order valence-corrected chi connectivity index (χ3v) is 4.08. The van der Waals surface area contributed by atoms with Crippen LogP contribution in [0.1, 0.15) is 18.9 Å². The molecule has 0 saturated heterocycles. The van der Waals surface area contributed by atoms with Crippen LogP contribution < -0.4 is 4.74 Å². The third kappa shape index (κ3) is 2.95. The predicted molar refractivity (Wildman–Crippen MR) is 80.7 cm³/mol. The number of amides is 1. The van der Waals surface area contributed by atoms with Crippen LogP contribution in [0.15, 0.2) is 24.3 Å². The number of nitrogens with zero attached hydrogens (tertiary/aromatic N) is 1. The molecule has 1 aliphatic heterocycles. The number of halogens is 2. The van der Waals surface area contributed by atoms with Gasteiger partial charge in [0.2, 0.25) is 5.91 Å². The average Bonchev–Trinajstić information content (AvgIpc) is 2.38. The zero-order chi connectivity index (χ0) is 14.0. The van der Waals surface area contributed by atoms with E-state index < -0.39 is 0 Å². The molecule has 0 spiro atoms. The van der Waals surface area contributed by atoms with Gasteiger partial charge >= 0.3 is 0 Å². The van der Waals surface area contributed by atoms with E-state index in [0.29, 0.717) is 18.1 Å². The molecule has 1 unspecified atom stereocenters. The highest BCUT2D eigenvalue weighted by Gasteiger charge is 2.27. The summed E-state index contributed by atoms with van der Waals surface area (Å²) >= 11 is 9.63. The van der Waals surface area contributed by atoms with Gasteiger partial charge in [0.25, 0.3) is 0 Å². The highest BCUT2D eigenvalue weighted by molar-refractivity contribution is 9.10. The Balaban J connectivity index is 2.34. The van der Waals surface area contributed by atoms with E-state index in [-0.39, 0.29) is 10.7 Å². The molecule has 0 N–H and O–H groups in total. The summed E-state index contributed by atoms with van der Waals surface area (Å²) in [4.78, 5) is 13.4. The molecule has 1 aliphatic rings. The van der Waals surface area contributed by atoms with Crippen LogP contribution in [-0.4, -0.2) is 29.3 Å². The van der Waals surface area contributed by atoms with Gasteiger partial charge in [-0.15, -0.1) is 0 Å². The number of carbonyl (C=O) groups excluding carboxylic acids is 1. The van der Waals surface area contributed by atoms with Crippen LogP contribution in [-0.2, 0) is 4.79 Å². The molecule has 0 aromatic heterocycles. The van der Waals surface area contributed by atoms with Crippen molar-refractivity contribution < 1.29 is 9.53 Å². The van der Waals surface area contributed by atoms with Gasteiger partial charge in [0.1, 0.15) is 5.75 Å². The van der Waals surface area contributed by atoms with E-state index in [0.717, 1.165) is 17.0 Å². The number of hydrogen-bond acceptors (Lipinski definition) is 2. The second-order valence-electron chi connectivity index (χ2n) is 4.26. The Morgan fingerprint density at radius 3 is 2.89 bits per heavy atom. The summed E-state index contributed by atoms with van der Waals surface area (Å²) in [6.07, 6.45) is 2.68. The fourth-order valence-electron chi connectivity index (χ4n) is 2.03. The normalized spacial score (nSPS) is 19.4. The van der Waals surface area contributed by atoms with Crippen LogP contribution >= 0.6 is 27.5 Å². The van der Waals surface area contributed by atoms with Gasteiger partial charge in [0.05, 0.1) is 16.5 Å². The van der Waals surface area contributed by atoms with Gasteiger partial charge in [-0.25, -0.2) is 0 Å². The summed E-state index contributed by atoms with van der Waals surface area (Å²) in [5.74, 6) is 0.780. The van der Waals surface area contributed by atoms with Crippen molar-refractivity contribution in [2.45, 2.75) is 18.2 Å². The fourth-order valence-corrected chi connectivity index (χ4v) is 2.79. The molecule has 1 heterocycles. The second kappa shape index (κ2) is 5.97. The SMILES string of the molecule is CCOc1ccc(C2=CCC(Br)C(=O)N2C)c(Cl)c1. The first-order chi connectivity index (χ1) is 9.04. The number of ether oxygens (including phenoxy) is 1. The topological polar surface area (TPSA) is 29.5 Å². The molecule has 0 bridgehead atoms. The minimum Gasteiger partial charge on any atom is -0.494 e. The number of rotatable bonds is 3. The molecular formula is C14H15BrClNO2. The molecule has 0 saturated carbocycles. The zero-order valence-corrected chi connectivity index (χ0v) is 13.2. The number of carbonyl (C=O) groups is 1. The molecule has 0 radical (unpaired) electrons. The van der Waals surface area contributed by atoms with Gasteiger partial charge in [0.15, 0.2) is 0 Å². The van der Waals surface area contributed by atoms with Crippen molar-refractivity contribution in [3.8, 4) is 5.75 Å². The molecule has 1 aromatic carbocycles. The Morgan fingerprint density at radius 2 is 2.26 bits per heavy atom. The standard InChI is InChI=1S/C14H15BrClNO2/c1-3-19-9-4-5-10(12(16)8-9)13-7-6-11(15)14(18)17(13)2/h4-5,7-8,11H,3,6H2,1-2H3. The van der Waals surface area contributed by atoms with Crippen molar-refractivity contribution >= 4 is 39.1 Å². The van der Waals surface area contributed by atoms with E-state index in [1.54, 1.807) is 18.0 Å². The minimum atomic E-state index is -0.150. The van der Waals surface area contributed by atoms with Gasteiger partial charge in [-0.3, -0.25) is 4.79 Å².